The van der Waals surface area contributed by atoms with Gasteiger partial charge in [-0.25, -0.2) is 4.98 Å². The maximum Gasteiger partial charge on any atom is 0.217 e. The summed E-state index contributed by atoms with van der Waals surface area (Å²) < 4.78 is 2.12. The summed E-state index contributed by atoms with van der Waals surface area (Å²) in [6.45, 7) is 4.78. The van der Waals surface area contributed by atoms with Crippen molar-refractivity contribution in [1.29, 1.82) is 0 Å². The highest BCUT2D eigenvalue weighted by Gasteiger charge is 2.07. The summed E-state index contributed by atoms with van der Waals surface area (Å²) in [5, 5.41) is 2.78. The Kier molecular flexibility index (Phi) is 3.77. The van der Waals surface area contributed by atoms with Gasteiger partial charge in [-0.2, -0.15) is 0 Å². The van der Waals surface area contributed by atoms with Gasteiger partial charge in [-0.05, 0) is 12.5 Å². The van der Waals surface area contributed by atoms with Gasteiger partial charge in [0.1, 0.15) is 5.82 Å². The normalized spacial score (nSPS) is 10.3. The Balaban J connectivity index is 2.16. The Morgan fingerprint density at radius 1 is 1.33 bits per heavy atom. The van der Waals surface area contributed by atoms with Gasteiger partial charge in [0.05, 0.1) is 6.54 Å². The van der Waals surface area contributed by atoms with E-state index < -0.39 is 0 Å². The van der Waals surface area contributed by atoms with E-state index in [-0.39, 0.29) is 5.91 Å². The Morgan fingerprint density at radius 3 is 2.72 bits per heavy atom. The number of hydrogen-bond acceptors (Lipinski definition) is 2. The topological polar surface area (TPSA) is 46.9 Å². The van der Waals surface area contributed by atoms with Crippen LogP contribution in [0, 0.1) is 6.92 Å². The second-order valence-electron chi connectivity index (χ2n) is 4.30. The Morgan fingerprint density at radius 2 is 2.06 bits per heavy atom. The monoisotopic (exact) mass is 243 g/mol. The molecule has 0 aliphatic rings. The van der Waals surface area contributed by atoms with Crippen LogP contribution < -0.4 is 5.32 Å². The van der Waals surface area contributed by atoms with E-state index in [9.17, 15) is 4.79 Å². The Bertz CT molecular complexity index is 531. The molecule has 0 radical (unpaired) electrons. The fraction of sp³-hybridized carbons (Fsp3) is 0.286. The zero-order valence-corrected chi connectivity index (χ0v) is 10.7. The van der Waals surface area contributed by atoms with Gasteiger partial charge in [-0.15, -0.1) is 0 Å². The van der Waals surface area contributed by atoms with Crippen molar-refractivity contribution in [1.82, 2.24) is 14.9 Å². The first-order chi connectivity index (χ1) is 8.66. The summed E-state index contributed by atoms with van der Waals surface area (Å²) >= 11 is 0. The van der Waals surface area contributed by atoms with Crippen LogP contribution in [0.4, 0.5) is 0 Å². The first kappa shape index (κ1) is 12.4. The summed E-state index contributed by atoms with van der Waals surface area (Å²) in [6.07, 6.45) is 1.83. The minimum absolute atomic E-state index is 0.0399. The third kappa shape index (κ3) is 2.97. The number of aryl methyl sites for hydroxylation is 1. The number of imidazole rings is 1. The number of rotatable bonds is 4. The van der Waals surface area contributed by atoms with Crippen LogP contribution in [-0.2, 0) is 17.9 Å². The smallest absolute Gasteiger partial charge is 0.217 e. The highest BCUT2D eigenvalue weighted by molar-refractivity contribution is 5.72. The van der Waals surface area contributed by atoms with Crippen LogP contribution in [0.25, 0.3) is 0 Å². The van der Waals surface area contributed by atoms with Gasteiger partial charge in [0.2, 0.25) is 5.91 Å². The number of amides is 1. The molecule has 0 unspecified atom stereocenters. The molecular formula is C14H17N3O. The summed E-state index contributed by atoms with van der Waals surface area (Å²) in [7, 11) is 0. The summed E-state index contributed by atoms with van der Waals surface area (Å²) in [5.41, 5.74) is 2.32. The molecule has 1 amide bonds. The molecule has 1 aromatic carbocycles. The van der Waals surface area contributed by atoms with E-state index in [0.29, 0.717) is 6.54 Å². The molecule has 0 bridgehead atoms. The number of hydrogen-bond donors (Lipinski definition) is 1. The minimum Gasteiger partial charge on any atom is -0.349 e. The first-order valence-electron chi connectivity index (χ1n) is 5.96. The molecule has 1 heterocycles. The lowest BCUT2D eigenvalue weighted by molar-refractivity contribution is -0.119. The van der Waals surface area contributed by atoms with Crippen molar-refractivity contribution in [2.75, 3.05) is 0 Å². The third-order valence-corrected chi connectivity index (χ3v) is 2.82. The number of nitrogens with zero attached hydrogens (tertiary/aromatic N) is 2. The maximum atomic E-state index is 10.9. The number of carbonyl (C=O) groups is 1. The molecule has 0 fully saturated rings. The summed E-state index contributed by atoms with van der Waals surface area (Å²) in [5.74, 6) is 0.841. The van der Waals surface area contributed by atoms with E-state index in [1.807, 2.05) is 31.3 Å². The van der Waals surface area contributed by atoms with Crippen LogP contribution in [0.1, 0.15) is 24.0 Å². The highest BCUT2D eigenvalue weighted by Crippen LogP contribution is 2.09. The fourth-order valence-corrected chi connectivity index (χ4v) is 1.84. The van der Waals surface area contributed by atoms with Crippen LogP contribution in [0.2, 0.25) is 0 Å². The van der Waals surface area contributed by atoms with Crippen LogP contribution in [-0.4, -0.2) is 15.5 Å². The van der Waals surface area contributed by atoms with E-state index in [1.54, 1.807) is 0 Å². The van der Waals surface area contributed by atoms with Crippen LogP contribution in [0.15, 0.2) is 36.5 Å². The van der Waals surface area contributed by atoms with Crippen LogP contribution in [0.5, 0.6) is 0 Å². The molecule has 0 aliphatic heterocycles. The zero-order valence-electron chi connectivity index (χ0n) is 10.7. The zero-order chi connectivity index (χ0) is 13.0. The van der Waals surface area contributed by atoms with Gasteiger partial charge >= 0.3 is 0 Å². The fourth-order valence-electron chi connectivity index (χ4n) is 1.84. The standard InChI is InChI=1S/C14H17N3O/c1-11-8-16-14(9-15-12(2)18)17(11)10-13-6-4-3-5-7-13/h3-8H,9-10H2,1-2H3,(H,15,18). The predicted octanol–water partition coefficient (Wildman–Crippen LogP) is 1.88. The van der Waals surface area contributed by atoms with Gasteiger partial charge in [0.15, 0.2) is 0 Å². The van der Waals surface area contributed by atoms with E-state index in [2.05, 4.69) is 27.0 Å². The lowest BCUT2D eigenvalue weighted by Crippen LogP contribution is -2.22. The molecule has 0 saturated heterocycles. The molecule has 1 aromatic heterocycles. The molecule has 1 N–H and O–H groups in total. The van der Waals surface area contributed by atoms with E-state index in [0.717, 1.165) is 18.1 Å². The molecule has 18 heavy (non-hydrogen) atoms. The largest absolute Gasteiger partial charge is 0.349 e. The lowest BCUT2D eigenvalue weighted by Gasteiger charge is -2.10. The summed E-state index contributed by atoms with van der Waals surface area (Å²) in [4.78, 5) is 15.3. The van der Waals surface area contributed by atoms with Crippen LogP contribution >= 0.6 is 0 Å². The highest BCUT2D eigenvalue weighted by atomic mass is 16.1. The molecule has 0 atom stereocenters. The minimum atomic E-state index is -0.0399. The molecular weight excluding hydrogens is 226 g/mol. The number of nitrogens with one attached hydrogen (secondary N) is 1. The Labute approximate surface area is 107 Å². The third-order valence-electron chi connectivity index (χ3n) is 2.82. The van der Waals surface area contributed by atoms with Crippen molar-refractivity contribution in [3.8, 4) is 0 Å². The number of carbonyl (C=O) groups excluding carboxylic acids is 1. The molecule has 0 saturated carbocycles. The van der Waals surface area contributed by atoms with Crippen molar-refractivity contribution in [2.45, 2.75) is 26.9 Å². The van der Waals surface area contributed by atoms with Gasteiger partial charge in [-0.1, -0.05) is 30.3 Å². The molecule has 0 spiro atoms. The van der Waals surface area contributed by atoms with Gasteiger partial charge in [0.25, 0.3) is 0 Å². The van der Waals surface area contributed by atoms with Crippen molar-refractivity contribution >= 4 is 5.91 Å². The van der Waals surface area contributed by atoms with Crippen molar-refractivity contribution < 1.29 is 4.79 Å². The van der Waals surface area contributed by atoms with Gasteiger partial charge in [0, 0.05) is 25.4 Å². The van der Waals surface area contributed by atoms with Crippen molar-refractivity contribution in [3.05, 3.63) is 53.6 Å². The SMILES string of the molecule is CC(=O)NCc1ncc(C)n1Cc1ccccc1. The van der Waals surface area contributed by atoms with Gasteiger partial charge < -0.3 is 9.88 Å². The predicted molar refractivity (Wildman–Crippen MR) is 70.0 cm³/mol. The van der Waals surface area contributed by atoms with Gasteiger partial charge in [-0.3, -0.25) is 4.79 Å². The molecule has 4 heteroatoms. The summed E-state index contributed by atoms with van der Waals surface area (Å²) in [6, 6.07) is 10.2. The van der Waals surface area contributed by atoms with E-state index >= 15 is 0 Å². The number of benzene rings is 1. The quantitative estimate of drug-likeness (QED) is 0.891. The molecule has 0 aliphatic carbocycles. The lowest BCUT2D eigenvalue weighted by atomic mass is 10.2. The van der Waals surface area contributed by atoms with Crippen molar-refractivity contribution in [2.24, 2.45) is 0 Å². The molecule has 94 valence electrons. The molecule has 4 nitrogen and oxygen atoms in total. The van der Waals surface area contributed by atoms with Crippen molar-refractivity contribution in [3.63, 3.8) is 0 Å². The molecule has 2 aromatic rings. The van der Waals surface area contributed by atoms with E-state index in [1.165, 1.54) is 12.5 Å². The first-order valence-corrected chi connectivity index (χ1v) is 5.96. The average molecular weight is 243 g/mol. The Hall–Kier alpha value is -2.10. The van der Waals surface area contributed by atoms with E-state index in [4.69, 9.17) is 0 Å². The number of aromatic nitrogens is 2. The molecule has 2 rings (SSSR count). The second-order valence-corrected chi connectivity index (χ2v) is 4.30. The maximum absolute atomic E-state index is 10.9. The second kappa shape index (κ2) is 5.49. The average Bonchev–Trinajstić information content (AvgIpc) is 2.70. The van der Waals surface area contributed by atoms with Crippen LogP contribution in [0.3, 0.4) is 0 Å².